The van der Waals surface area contributed by atoms with Crippen LogP contribution >= 0.6 is 0 Å². The van der Waals surface area contributed by atoms with Gasteiger partial charge in [-0.25, -0.2) is 0 Å². The van der Waals surface area contributed by atoms with Gasteiger partial charge < -0.3 is 15.7 Å². The smallest absolute Gasteiger partial charge is 0.249 e. The summed E-state index contributed by atoms with van der Waals surface area (Å²) in [5.74, 6) is -0.796. The van der Waals surface area contributed by atoms with Gasteiger partial charge in [-0.1, -0.05) is 58.0 Å². The predicted octanol–water partition coefficient (Wildman–Crippen LogP) is 2.39. The first-order valence-electron chi connectivity index (χ1n) is 9.49. The fraction of sp³-hybridized carbons (Fsp3) is 0.476. The number of hydrogen-bond donors (Lipinski definition) is 4. The maximum absolute atomic E-state index is 12.3. The van der Waals surface area contributed by atoms with Crippen LogP contribution < -0.4 is 10.6 Å². The molecule has 2 aromatic rings. The summed E-state index contributed by atoms with van der Waals surface area (Å²) in [5.41, 5.74) is 1.92. The highest BCUT2D eigenvalue weighted by Crippen LogP contribution is 2.27. The van der Waals surface area contributed by atoms with Crippen LogP contribution in [0.2, 0.25) is 0 Å². The van der Waals surface area contributed by atoms with E-state index in [1.54, 1.807) is 26.8 Å². The van der Waals surface area contributed by atoms with E-state index >= 15 is 0 Å². The fourth-order valence-corrected chi connectivity index (χ4v) is 2.84. The van der Waals surface area contributed by atoms with E-state index in [0.717, 1.165) is 12.1 Å². The van der Waals surface area contributed by atoms with Crippen LogP contribution in [-0.2, 0) is 21.4 Å². The van der Waals surface area contributed by atoms with Gasteiger partial charge in [0.1, 0.15) is 12.1 Å². The second-order valence-electron chi connectivity index (χ2n) is 8.12. The van der Waals surface area contributed by atoms with E-state index in [1.165, 1.54) is 5.56 Å². The lowest BCUT2D eigenvalue weighted by atomic mass is 9.83. The minimum atomic E-state index is -1.15. The summed E-state index contributed by atoms with van der Waals surface area (Å²) in [6.45, 7) is 9.24. The van der Waals surface area contributed by atoms with Crippen molar-refractivity contribution in [2.75, 3.05) is 5.32 Å². The Morgan fingerprint density at radius 3 is 2.39 bits per heavy atom. The van der Waals surface area contributed by atoms with Gasteiger partial charge in [-0.2, -0.15) is 5.10 Å². The van der Waals surface area contributed by atoms with E-state index in [2.05, 4.69) is 46.8 Å². The molecule has 0 bridgehead atoms. The Kier molecular flexibility index (Phi) is 6.96. The third kappa shape index (κ3) is 5.66. The quantitative estimate of drug-likeness (QED) is 0.559. The molecule has 0 radical (unpaired) electrons. The van der Waals surface area contributed by atoms with Crippen LogP contribution in [0.1, 0.15) is 45.9 Å². The number of aromatic nitrogens is 2. The average molecular weight is 386 g/mol. The van der Waals surface area contributed by atoms with Gasteiger partial charge in [0.2, 0.25) is 11.8 Å². The summed E-state index contributed by atoms with van der Waals surface area (Å²) in [4.78, 5) is 24.2. The lowest BCUT2D eigenvalue weighted by Gasteiger charge is -2.23. The van der Waals surface area contributed by atoms with Gasteiger partial charge >= 0.3 is 0 Å². The van der Waals surface area contributed by atoms with E-state index in [-0.39, 0.29) is 11.3 Å². The van der Waals surface area contributed by atoms with Gasteiger partial charge in [-0.05, 0) is 24.8 Å². The predicted molar refractivity (Wildman–Crippen MR) is 109 cm³/mol. The van der Waals surface area contributed by atoms with E-state index in [9.17, 15) is 14.7 Å². The van der Waals surface area contributed by atoms with Crippen molar-refractivity contribution in [3.63, 3.8) is 0 Å². The van der Waals surface area contributed by atoms with Crippen molar-refractivity contribution in [2.45, 2.75) is 58.6 Å². The van der Waals surface area contributed by atoms with Crippen LogP contribution in [0.4, 0.5) is 5.82 Å². The number of anilines is 1. The molecule has 0 saturated carbocycles. The largest absolute Gasteiger partial charge is 0.383 e. The van der Waals surface area contributed by atoms with Crippen molar-refractivity contribution in [3.8, 4) is 0 Å². The maximum Gasteiger partial charge on any atom is 0.249 e. The van der Waals surface area contributed by atoms with E-state index in [1.807, 2.05) is 18.2 Å². The molecule has 1 aromatic heterocycles. The van der Waals surface area contributed by atoms with Crippen LogP contribution in [0.15, 0.2) is 36.4 Å². The zero-order chi connectivity index (χ0) is 20.9. The Labute approximate surface area is 165 Å². The number of amides is 2. The standard InChI is InChI=1S/C21H30N4O3/c1-13(2)18(26)20(28)22-14(3)19(27)23-17-11-16(24-25-17)21(4,5)12-15-9-7-6-8-10-15/h6-11,13-14,18,26H,12H2,1-5H3,(H,22,28)(H2,23,24,25,27)/t14-,18-/m0/s1. The molecule has 7 heteroatoms. The van der Waals surface area contributed by atoms with Crippen molar-refractivity contribution in [1.82, 2.24) is 15.5 Å². The summed E-state index contributed by atoms with van der Waals surface area (Å²) < 4.78 is 0. The minimum absolute atomic E-state index is 0.196. The number of benzene rings is 1. The minimum Gasteiger partial charge on any atom is -0.383 e. The average Bonchev–Trinajstić information content (AvgIpc) is 3.10. The number of H-pyrrole nitrogens is 1. The third-order valence-corrected chi connectivity index (χ3v) is 4.70. The Bertz CT molecular complexity index is 799. The Morgan fingerprint density at radius 2 is 1.79 bits per heavy atom. The first kappa shape index (κ1) is 21.6. The first-order chi connectivity index (χ1) is 13.1. The van der Waals surface area contributed by atoms with Crippen LogP contribution in [-0.4, -0.2) is 39.3 Å². The van der Waals surface area contributed by atoms with Crippen molar-refractivity contribution in [1.29, 1.82) is 0 Å². The molecular formula is C21H30N4O3. The van der Waals surface area contributed by atoms with Crippen LogP contribution in [0.3, 0.4) is 0 Å². The lowest BCUT2D eigenvalue weighted by Crippen LogP contribution is -2.47. The molecule has 0 saturated heterocycles. The maximum atomic E-state index is 12.3. The van der Waals surface area contributed by atoms with Crippen molar-refractivity contribution in [3.05, 3.63) is 47.7 Å². The number of aromatic amines is 1. The topological polar surface area (TPSA) is 107 Å². The number of carbonyl (C=O) groups excluding carboxylic acids is 2. The van der Waals surface area contributed by atoms with Crippen LogP contribution in [0.5, 0.6) is 0 Å². The number of nitrogens with one attached hydrogen (secondary N) is 3. The molecule has 0 fully saturated rings. The molecule has 0 aliphatic carbocycles. The second-order valence-corrected chi connectivity index (χ2v) is 8.12. The number of aliphatic hydroxyl groups is 1. The van der Waals surface area contributed by atoms with Gasteiger partial charge in [0.15, 0.2) is 5.82 Å². The highest BCUT2D eigenvalue weighted by molar-refractivity contribution is 5.96. The molecule has 0 aliphatic rings. The highest BCUT2D eigenvalue weighted by atomic mass is 16.3. The molecule has 28 heavy (non-hydrogen) atoms. The van der Waals surface area contributed by atoms with Crippen LogP contribution in [0.25, 0.3) is 0 Å². The molecule has 4 N–H and O–H groups in total. The number of carbonyl (C=O) groups is 2. The van der Waals surface area contributed by atoms with Gasteiger partial charge in [0.05, 0.1) is 0 Å². The van der Waals surface area contributed by atoms with Gasteiger partial charge in [-0.3, -0.25) is 14.7 Å². The summed E-state index contributed by atoms with van der Waals surface area (Å²) in [5, 5.41) is 22.1. The molecule has 2 amide bonds. The third-order valence-electron chi connectivity index (χ3n) is 4.70. The summed E-state index contributed by atoms with van der Waals surface area (Å²) in [7, 11) is 0. The molecule has 0 unspecified atom stereocenters. The Balaban J connectivity index is 1.97. The monoisotopic (exact) mass is 386 g/mol. The van der Waals surface area contributed by atoms with Gasteiger partial charge in [-0.15, -0.1) is 0 Å². The fourth-order valence-electron chi connectivity index (χ4n) is 2.84. The Morgan fingerprint density at radius 1 is 1.14 bits per heavy atom. The van der Waals surface area contributed by atoms with E-state index < -0.39 is 24.0 Å². The molecule has 1 heterocycles. The van der Waals surface area contributed by atoms with Gasteiger partial charge in [0.25, 0.3) is 0 Å². The molecule has 0 aliphatic heterocycles. The second kappa shape index (κ2) is 9.01. The number of aliphatic hydroxyl groups excluding tert-OH is 1. The molecule has 152 valence electrons. The Hall–Kier alpha value is -2.67. The van der Waals surface area contributed by atoms with Crippen molar-refractivity contribution < 1.29 is 14.7 Å². The van der Waals surface area contributed by atoms with Gasteiger partial charge in [0, 0.05) is 17.2 Å². The number of rotatable bonds is 8. The zero-order valence-electron chi connectivity index (χ0n) is 17.1. The molecule has 2 rings (SSSR count). The number of nitrogens with zero attached hydrogens (tertiary/aromatic N) is 1. The van der Waals surface area contributed by atoms with Crippen LogP contribution in [0, 0.1) is 5.92 Å². The summed E-state index contributed by atoms with van der Waals surface area (Å²) >= 11 is 0. The molecular weight excluding hydrogens is 356 g/mol. The molecule has 0 spiro atoms. The van der Waals surface area contributed by atoms with Crippen molar-refractivity contribution >= 4 is 17.6 Å². The summed E-state index contributed by atoms with van der Waals surface area (Å²) in [6.07, 6.45) is -0.325. The normalized spacial score (nSPS) is 13.8. The summed E-state index contributed by atoms with van der Waals surface area (Å²) in [6, 6.07) is 11.2. The lowest BCUT2D eigenvalue weighted by molar-refractivity contribution is -0.134. The van der Waals surface area contributed by atoms with Crippen molar-refractivity contribution in [2.24, 2.45) is 5.92 Å². The van der Waals surface area contributed by atoms with E-state index in [0.29, 0.717) is 5.82 Å². The zero-order valence-corrected chi connectivity index (χ0v) is 17.1. The number of hydrogen-bond acceptors (Lipinski definition) is 4. The molecule has 2 atom stereocenters. The SMILES string of the molecule is CC(C)[C@H](O)C(=O)N[C@@H](C)C(=O)Nc1cc(C(C)(C)Cc2ccccc2)[nH]n1. The molecule has 1 aromatic carbocycles. The van der Waals surface area contributed by atoms with E-state index in [4.69, 9.17) is 0 Å². The highest BCUT2D eigenvalue weighted by Gasteiger charge is 2.26. The first-order valence-corrected chi connectivity index (χ1v) is 9.49. The molecule has 7 nitrogen and oxygen atoms in total.